The number of aliphatic hydroxyl groups is 1. The highest BCUT2D eigenvalue weighted by molar-refractivity contribution is 5.32. The third-order valence-corrected chi connectivity index (χ3v) is 3.23. The second-order valence-corrected chi connectivity index (χ2v) is 4.38. The van der Waals surface area contributed by atoms with E-state index in [1.807, 2.05) is 19.1 Å². The summed E-state index contributed by atoms with van der Waals surface area (Å²) < 4.78 is 5.48. The summed E-state index contributed by atoms with van der Waals surface area (Å²) in [7, 11) is 0. The highest BCUT2D eigenvalue weighted by Gasteiger charge is 2.34. The average Bonchev–Trinajstić information content (AvgIpc) is 2.31. The minimum absolute atomic E-state index is 0.583. The van der Waals surface area contributed by atoms with Gasteiger partial charge in [-0.25, -0.2) is 4.98 Å². The van der Waals surface area contributed by atoms with Gasteiger partial charge in [-0.05, 0) is 31.9 Å². The molecular formula is C13H19NO2. The molecule has 3 nitrogen and oxygen atoms in total. The predicted octanol–water partition coefficient (Wildman–Crippen LogP) is 2.63. The maximum atomic E-state index is 10.6. The Bertz CT molecular complexity index is 346. The first-order valence-corrected chi connectivity index (χ1v) is 6.07. The van der Waals surface area contributed by atoms with Crippen molar-refractivity contribution in [1.82, 2.24) is 4.98 Å². The summed E-state index contributed by atoms with van der Waals surface area (Å²) in [5.74, 6) is 0.592. The molecule has 1 aromatic heterocycles. The van der Waals surface area contributed by atoms with Gasteiger partial charge in [0.25, 0.3) is 0 Å². The van der Waals surface area contributed by atoms with Crippen LogP contribution in [0.2, 0.25) is 0 Å². The van der Waals surface area contributed by atoms with Crippen LogP contribution < -0.4 is 4.74 Å². The molecule has 1 fully saturated rings. The zero-order valence-corrected chi connectivity index (χ0v) is 9.78. The van der Waals surface area contributed by atoms with E-state index in [1.165, 1.54) is 6.42 Å². The van der Waals surface area contributed by atoms with Crippen molar-refractivity contribution < 1.29 is 9.84 Å². The van der Waals surface area contributed by atoms with Crippen molar-refractivity contribution in [3.63, 3.8) is 0 Å². The summed E-state index contributed by atoms with van der Waals surface area (Å²) in [6.07, 6.45) is 6.72. The minimum atomic E-state index is -0.725. The molecule has 1 N–H and O–H groups in total. The molecule has 1 heterocycles. The van der Waals surface area contributed by atoms with Crippen molar-refractivity contribution in [1.29, 1.82) is 0 Å². The van der Waals surface area contributed by atoms with Crippen LogP contribution in [0.15, 0.2) is 18.3 Å². The Morgan fingerprint density at radius 3 is 2.81 bits per heavy atom. The summed E-state index contributed by atoms with van der Waals surface area (Å²) in [6.45, 7) is 2.52. The molecule has 0 saturated heterocycles. The van der Waals surface area contributed by atoms with E-state index in [4.69, 9.17) is 4.74 Å². The molecule has 0 radical (unpaired) electrons. The number of ether oxygens (including phenoxy) is 1. The van der Waals surface area contributed by atoms with Gasteiger partial charge in [0.15, 0.2) is 0 Å². The van der Waals surface area contributed by atoms with Crippen LogP contribution in [-0.2, 0) is 5.60 Å². The maximum Gasteiger partial charge on any atom is 0.219 e. The lowest BCUT2D eigenvalue weighted by Crippen LogP contribution is -2.29. The van der Waals surface area contributed by atoms with Crippen LogP contribution in [0.25, 0.3) is 0 Å². The zero-order chi connectivity index (χ0) is 11.4. The lowest BCUT2D eigenvalue weighted by molar-refractivity contribution is -0.00348. The first kappa shape index (κ1) is 11.4. The fourth-order valence-corrected chi connectivity index (χ4v) is 2.40. The van der Waals surface area contributed by atoms with E-state index < -0.39 is 5.60 Å². The van der Waals surface area contributed by atoms with Crippen molar-refractivity contribution in [3.05, 3.63) is 23.9 Å². The Labute approximate surface area is 96.5 Å². The first-order valence-electron chi connectivity index (χ1n) is 6.07. The molecule has 1 aliphatic rings. The van der Waals surface area contributed by atoms with Crippen LogP contribution in [0, 0.1) is 0 Å². The second kappa shape index (κ2) is 4.83. The normalized spacial score (nSPS) is 19.4. The van der Waals surface area contributed by atoms with E-state index >= 15 is 0 Å². The molecule has 1 aliphatic carbocycles. The molecular weight excluding hydrogens is 202 g/mol. The van der Waals surface area contributed by atoms with E-state index in [0.717, 1.165) is 31.2 Å². The van der Waals surface area contributed by atoms with Gasteiger partial charge in [-0.2, -0.15) is 0 Å². The molecule has 16 heavy (non-hydrogen) atoms. The quantitative estimate of drug-likeness (QED) is 0.853. The summed E-state index contributed by atoms with van der Waals surface area (Å²) >= 11 is 0. The number of hydrogen-bond donors (Lipinski definition) is 1. The molecule has 0 aromatic carbocycles. The molecule has 88 valence electrons. The molecule has 3 heteroatoms. The largest absolute Gasteiger partial charge is 0.478 e. The lowest BCUT2D eigenvalue weighted by atomic mass is 9.80. The summed E-state index contributed by atoms with van der Waals surface area (Å²) in [6, 6.07) is 3.80. The molecule has 2 rings (SSSR count). The Morgan fingerprint density at radius 2 is 2.12 bits per heavy atom. The van der Waals surface area contributed by atoms with Crippen molar-refractivity contribution in [2.45, 2.75) is 44.6 Å². The van der Waals surface area contributed by atoms with Crippen LogP contribution in [0.3, 0.4) is 0 Å². The van der Waals surface area contributed by atoms with E-state index in [9.17, 15) is 5.11 Å². The number of hydrogen-bond acceptors (Lipinski definition) is 3. The van der Waals surface area contributed by atoms with Gasteiger partial charge in [0, 0.05) is 11.8 Å². The summed E-state index contributed by atoms with van der Waals surface area (Å²) in [5.41, 5.74) is 0.133. The molecule has 0 aliphatic heterocycles. The highest BCUT2D eigenvalue weighted by Crippen LogP contribution is 2.40. The fraction of sp³-hybridized carbons (Fsp3) is 0.615. The Kier molecular flexibility index (Phi) is 3.44. The van der Waals surface area contributed by atoms with E-state index in [2.05, 4.69) is 4.98 Å². The Morgan fingerprint density at radius 1 is 1.38 bits per heavy atom. The van der Waals surface area contributed by atoms with Crippen molar-refractivity contribution in [2.75, 3.05) is 6.61 Å². The van der Waals surface area contributed by atoms with Gasteiger partial charge in [0.2, 0.25) is 5.88 Å². The van der Waals surface area contributed by atoms with E-state index in [0.29, 0.717) is 12.5 Å². The molecule has 1 aromatic rings. The van der Waals surface area contributed by atoms with Gasteiger partial charge in [-0.1, -0.05) is 19.3 Å². The van der Waals surface area contributed by atoms with Crippen molar-refractivity contribution in [3.8, 4) is 5.88 Å². The van der Waals surface area contributed by atoms with Gasteiger partial charge in [-0.15, -0.1) is 0 Å². The highest BCUT2D eigenvalue weighted by atomic mass is 16.5. The summed E-state index contributed by atoms with van der Waals surface area (Å²) in [4.78, 5) is 4.21. The second-order valence-electron chi connectivity index (χ2n) is 4.38. The van der Waals surface area contributed by atoms with Gasteiger partial charge in [0.05, 0.1) is 12.2 Å². The number of nitrogens with zero attached hydrogens (tertiary/aromatic N) is 1. The molecule has 0 spiro atoms. The number of aromatic nitrogens is 1. The minimum Gasteiger partial charge on any atom is -0.478 e. The first-order chi connectivity index (χ1) is 7.76. The monoisotopic (exact) mass is 221 g/mol. The summed E-state index contributed by atoms with van der Waals surface area (Å²) in [5, 5.41) is 10.6. The van der Waals surface area contributed by atoms with Crippen LogP contribution in [0.4, 0.5) is 0 Å². The SMILES string of the molecule is CCOc1ncccc1C1(O)CCCCC1. The van der Waals surface area contributed by atoms with Gasteiger partial charge in [0.1, 0.15) is 0 Å². The third-order valence-electron chi connectivity index (χ3n) is 3.23. The fourth-order valence-electron chi connectivity index (χ4n) is 2.40. The average molecular weight is 221 g/mol. The molecule has 1 saturated carbocycles. The number of pyridine rings is 1. The Balaban J connectivity index is 2.30. The smallest absolute Gasteiger partial charge is 0.219 e. The van der Waals surface area contributed by atoms with E-state index in [-0.39, 0.29) is 0 Å². The standard InChI is InChI=1S/C13H19NO2/c1-2-16-12-11(7-6-10-14-12)13(15)8-4-3-5-9-13/h6-7,10,15H,2-5,8-9H2,1H3. The maximum absolute atomic E-state index is 10.6. The van der Waals surface area contributed by atoms with Gasteiger partial charge < -0.3 is 9.84 Å². The molecule has 0 atom stereocenters. The molecule has 0 amide bonds. The van der Waals surface area contributed by atoms with E-state index in [1.54, 1.807) is 6.20 Å². The van der Waals surface area contributed by atoms with Gasteiger partial charge in [-0.3, -0.25) is 0 Å². The Hall–Kier alpha value is -1.09. The van der Waals surface area contributed by atoms with Crippen molar-refractivity contribution in [2.24, 2.45) is 0 Å². The van der Waals surface area contributed by atoms with Gasteiger partial charge >= 0.3 is 0 Å². The predicted molar refractivity (Wildman–Crippen MR) is 62.4 cm³/mol. The molecule has 0 bridgehead atoms. The third kappa shape index (κ3) is 2.19. The zero-order valence-electron chi connectivity index (χ0n) is 9.78. The van der Waals surface area contributed by atoms with Crippen molar-refractivity contribution >= 4 is 0 Å². The van der Waals surface area contributed by atoms with Crippen LogP contribution in [0.1, 0.15) is 44.6 Å². The van der Waals surface area contributed by atoms with Crippen LogP contribution in [-0.4, -0.2) is 16.7 Å². The molecule has 0 unspecified atom stereocenters. The van der Waals surface area contributed by atoms with Crippen LogP contribution in [0.5, 0.6) is 5.88 Å². The van der Waals surface area contributed by atoms with Crippen LogP contribution >= 0.6 is 0 Å². The lowest BCUT2D eigenvalue weighted by Gasteiger charge is -2.33. The number of rotatable bonds is 3. The topological polar surface area (TPSA) is 42.4 Å².